The van der Waals surface area contributed by atoms with E-state index in [4.69, 9.17) is 19.4 Å². The standard InChI is InChI=1S/C41H23N3OSe/c1-2-11-26(12-3-1)39-42-40(30-15-8-18-33-36(30)28-14-6-7-17-32(28)45-33)44-41(43-39)31-16-9-19-34-37(31)29-23-22-25-21-20-24-10-4-5-13-27(24)35(25)38(29)46-34/h1-23H. The maximum absolute atomic E-state index is 6.24. The third-order valence-corrected chi connectivity index (χ3v) is 11.4. The molecule has 3 aromatic heterocycles. The fourth-order valence-electron chi connectivity index (χ4n) is 6.85. The van der Waals surface area contributed by atoms with Crippen molar-refractivity contribution in [3.8, 4) is 34.2 Å². The van der Waals surface area contributed by atoms with Gasteiger partial charge in [0.2, 0.25) is 0 Å². The fourth-order valence-corrected chi connectivity index (χ4v) is 9.58. The molecule has 3 heterocycles. The average Bonchev–Trinajstić information content (AvgIpc) is 3.70. The van der Waals surface area contributed by atoms with E-state index in [9.17, 15) is 0 Å². The van der Waals surface area contributed by atoms with Crippen LogP contribution in [0.25, 0.3) is 96.9 Å². The topological polar surface area (TPSA) is 51.8 Å². The Bertz CT molecular complexity index is 2820. The normalized spacial score (nSPS) is 11.9. The summed E-state index contributed by atoms with van der Waals surface area (Å²) in [7, 11) is 0. The first-order valence-corrected chi connectivity index (χ1v) is 17.0. The molecule has 0 radical (unpaired) electrons. The van der Waals surface area contributed by atoms with Crippen molar-refractivity contribution in [3.05, 3.63) is 140 Å². The van der Waals surface area contributed by atoms with Crippen molar-refractivity contribution in [1.82, 2.24) is 15.0 Å². The van der Waals surface area contributed by atoms with Gasteiger partial charge in [-0.1, -0.05) is 0 Å². The molecule has 5 heteroatoms. The number of aromatic nitrogens is 3. The summed E-state index contributed by atoms with van der Waals surface area (Å²) < 4.78 is 9.02. The molecule has 4 nitrogen and oxygen atoms in total. The molecule has 0 saturated heterocycles. The zero-order chi connectivity index (χ0) is 30.2. The van der Waals surface area contributed by atoms with Crippen molar-refractivity contribution >= 4 is 77.3 Å². The van der Waals surface area contributed by atoms with E-state index < -0.39 is 0 Å². The van der Waals surface area contributed by atoms with E-state index in [1.54, 1.807) is 0 Å². The zero-order valence-electron chi connectivity index (χ0n) is 24.4. The van der Waals surface area contributed by atoms with Gasteiger partial charge in [0.15, 0.2) is 0 Å². The molecule has 0 aliphatic carbocycles. The first-order valence-electron chi connectivity index (χ1n) is 15.3. The number of nitrogens with zero attached hydrogens (tertiary/aromatic N) is 3. The summed E-state index contributed by atoms with van der Waals surface area (Å²) in [5, 5.41) is 9.79. The van der Waals surface area contributed by atoms with Crippen LogP contribution in [0, 0.1) is 0 Å². The van der Waals surface area contributed by atoms with Gasteiger partial charge in [0.05, 0.1) is 0 Å². The van der Waals surface area contributed by atoms with Crippen molar-refractivity contribution in [2.75, 3.05) is 0 Å². The molecule has 0 amide bonds. The van der Waals surface area contributed by atoms with E-state index in [0.717, 1.165) is 38.6 Å². The van der Waals surface area contributed by atoms with Crippen LogP contribution in [0.4, 0.5) is 0 Å². The van der Waals surface area contributed by atoms with Crippen LogP contribution in [0.3, 0.4) is 0 Å². The van der Waals surface area contributed by atoms with Gasteiger partial charge in [0, 0.05) is 0 Å². The van der Waals surface area contributed by atoms with Crippen LogP contribution >= 0.6 is 0 Å². The van der Waals surface area contributed by atoms with Crippen LogP contribution in [0.1, 0.15) is 0 Å². The number of furan rings is 1. The predicted octanol–water partition coefficient (Wildman–Crippen LogP) is 10.4. The summed E-state index contributed by atoms with van der Waals surface area (Å²) in [6.45, 7) is 0. The minimum absolute atomic E-state index is 0.143. The van der Waals surface area contributed by atoms with E-state index in [0.29, 0.717) is 17.5 Å². The van der Waals surface area contributed by atoms with E-state index in [2.05, 4.69) is 91.0 Å². The molecule has 0 aliphatic heterocycles. The number of hydrogen-bond acceptors (Lipinski definition) is 4. The minimum atomic E-state index is 0.143. The summed E-state index contributed by atoms with van der Waals surface area (Å²) in [5.41, 5.74) is 4.58. The van der Waals surface area contributed by atoms with Gasteiger partial charge in [0.1, 0.15) is 0 Å². The van der Waals surface area contributed by atoms with Crippen molar-refractivity contribution in [2.45, 2.75) is 0 Å². The molecule has 10 rings (SSSR count). The maximum atomic E-state index is 6.24. The SMILES string of the molecule is c1ccc(-c2nc(-c3cccc4oc5ccccc5c34)nc(-c3cccc4[se]c5c(ccc6ccc7ccccc7c65)c34)n2)cc1. The van der Waals surface area contributed by atoms with Gasteiger partial charge in [-0.2, -0.15) is 0 Å². The van der Waals surface area contributed by atoms with Gasteiger partial charge in [-0.15, -0.1) is 0 Å². The van der Waals surface area contributed by atoms with E-state index >= 15 is 0 Å². The number of rotatable bonds is 3. The Hall–Kier alpha value is -5.61. The zero-order valence-corrected chi connectivity index (χ0v) is 26.2. The van der Waals surface area contributed by atoms with Crippen LogP contribution in [-0.2, 0) is 0 Å². The summed E-state index contributed by atoms with van der Waals surface area (Å²) >= 11 is 0.143. The number of fused-ring (bicyclic) bond motifs is 10. The van der Waals surface area contributed by atoms with Gasteiger partial charge in [-0.25, -0.2) is 0 Å². The Labute approximate surface area is 269 Å². The summed E-state index contributed by atoms with van der Waals surface area (Å²) in [4.78, 5) is 15.5. The monoisotopic (exact) mass is 653 g/mol. The van der Waals surface area contributed by atoms with Gasteiger partial charge in [-0.3, -0.25) is 0 Å². The molecule has 0 atom stereocenters. The third kappa shape index (κ3) is 3.83. The Morgan fingerprint density at radius 3 is 1.93 bits per heavy atom. The molecule has 214 valence electrons. The van der Waals surface area contributed by atoms with E-state index in [-0.39, 0.29) is 14.5 Å². The first-order chi connectivity index (χ1) is 22.8. The van der Waals surface area contributed by atoms with Crippen molar-refractivity contribution in [1.29, 1.82) is 0 Å². The summed E-state index contributed by atoms with van der Waals surface area (Å²) in [6, 6.07) is 48.8. The molecule has 0 N–H and O–H groups in total. The van der Waals surface area contributed by atoms with Gasteiger partial charge in [0.25, 0.3) is 0 Å². The molecule has 10 aromatic rings. The molecular weight excluding hydrogens is 629 g/mol. The quantitative estimate of drug-likeness (QED) is 0.141. The van der Waals surface area contributed by atoms with E-state index in [1.807, 2.05) is 48.5 Å². The molecule has 0 bridgehead atoms. The molecule has 0 saturated carbocycles. The molecule has 0 unspecified atom stereocenters. The molecular formula is C41H23N3OSe. The molecule has 0 aliphatic rings. The summed E-state index contributed by atoms with van der Waals surface area (Å²) in [5.74, 6) is 1.95. The van der Waals surface area contributed by atoms with Crippen LogP contribution in [0.15, 0.2) is 144 Å². The average molecular weight is 653 g/mol. The Balaban J connectivity index is 1.29. The number of hydrogen-bond donors (Lipinski definition) is 0. The van der Waals surface area contributed by atoms with Crippen LogP contribution in [0.2, 0.25) is 0 Å². The second kappa shape index (κ2) is 9.95. The Morgan fingerprint density at radius 2 is 1.07 bits per heavy atom. The predicted molar refractivity (Wildman–Crippen MR) is 190 cm³/mol. The fraction of sp³-hybridized carbons (Fsp3) is 0. The number of para-hydroxylation sites is 1. The van der Waals surface area contributed by atoms with E-state index in [1.165, 1.54) is 40.8 Å². The molecule has 7 aromatic carbocycles. The van der Waals surface area contributed by atoms with Crippen molar-refractivity contribution < 1.29 is 4.42 Å². The van der Waals surface area contributed by atoms with Crippen LogP contribution < -0.4 is 0 Å². The second-order valence-electron chi connectivity index (χ2n) is 11.6. The van der Waals surface area contributed by atoms with Crippen molar-refractivity contribution in [3.63, 3.8) is 0 Å². The molecule has 46 heavy (non-hydrogen) atoms. The summed E-state index contributed by atoms with van der Waals surface area (Å²) in [6.07, 6.45) is 0. The Kier molecular flexibility index (Phi) is 5.56. The van der Waals surface area contributed by atoms with Gasteiger partial charge in [-0.05, 0) is 0 Å². The van der Waals surface area contributed by atoms with Gasteiger partial charge < -0.3 is 0 Å². The first kappa shape index (κ1) is 25.7. The molecule has 0 spiro atoms. The van der Waals surface area contributed by atoms with Crippen LogP contribution in [0.5, 0.6) is 0 Å². The second-order valence-corrected chi connectivity index (χ2v) is 13.8. The number of benzene rings is 7. The Morgan fingerprint density at radius 1 is 0.413 bits per heavy atom. The molecule has 0 fully saturated rings. The third-order valence-electron chi connectivity index (χ3n) is 8.92. The van der Waals surface area contributed by atoms with Gasteiger partial charge >= 0.3 is 270 Å². The van der Waals surface area contributed by atoms with Crippen LogP contribution in [-0.4, -0.2) is 29.5 Å². The van der Waals surface area contributed by atoms with Crippen molar-refractivity contribution in [2.24, 2.45) is 0 Å².